The number of nitrogens with one attached hydrogen (secondary N) is 1. The minimum atomic E-state index is -0.180. The van der Waals surface area contributed by atoms with Crippen LogP contribution < -0.4 is 5.32 Å². The first-order valence-corrected chi connectivity index (χ1v) is 7.86. The van der Waals surface area contributed by atoms with E-state index in [2.05, 4.69) is 15.3 Å². The van der Waals surface area contributed by atoms with Crippen molar-refractivity contribution in [2.45, 2.75) is 13.8 Å². The molecule has 2 heterocycles. The highest BCUT2D eigenvalue weighted by molar-refractivity contribution is 5.96. The molecule has 0 aliphatic rings. The first kappa shape index (κ1) is 16.6. The number of imidazole rings is 1. The average molecular weight is 337 g/mol. The molecule has 0 radical (unpaired) electrons. The fourth-order valence-corrected chi connectivity index (χ4v) is 2.65. The lowest BCUT2D eigenvalue weighted by Gasteiger charge is -2.16. The number of anilines is 2. The summed E-state index contributed by atoms with van der Waals surface area (Å²) in [6.45, 7) is 3.91. The molecular weight excluding hydrogens is 318 g/mol. The van der Waals surface area contributed by atoms with E-state index in [9.17, 15) is 9.59 Å². The predicted octanol–water partition coefficient (Wildman–Crippen LogP) is 2.36. The molecule has 0 bridgehead atoms. The van der Waals surface area contributed by atoms with Crippen LogP contribution in [0.4, 0.5) is 11.5 Å². The molecule has 7 heteroatoms. The number of benzene rings is 1. The van der Waals surface area contributed by atoms with Crippen LogP contribution >= 0.6 is 0 Å². The first-order chi connectivity index (χ1) is 12.0. The Morgan fingerprint density at radius 3 is 2.84 bits per heavy atom. The molecule has 0 fully saturated rings. The van der Waals surface area contributed by atoms with Crippen LogP contribution in [0.25, 0.3) is 5.65 Å². The normalized spacial score (nSPS) is 10.7. The van der Waals surface area contributed by atoms with Gasteiger partial charge in [0.15, 0.2) is 11.5 Å². The van der Waals surface area contributed by atoms with E-state index >= 15 is 0 Å². The van der Waals surface area contributed by atoms with E-state index in [0.29, 0.717) is 17.7 Å². The third-order valence-electron chi connectivity index (χ3n) is 4.03. The summed E-state index contributed by atoms with van der Waals surface area (Å²) in [5, 5.41) is 3.25. The molecule has 0 aliphatic carbocycles. The highest BCUT2D eigenvalue weighted by atomic mass is 16.2. The van der Waals surface area contributed by atoms with E-state index in [-0.39, 0.29) is 12.5 Å². The Morgan fingerprint density at radius 2 is 2.12 bits per heavy atom. The largest absolute Gasteiger partial charge is 0.337 e. The van der Waals surface area contributed by atoms with Gasteiger partial charge in [0.2, 0.25) is 0 Å². The zero-order valence-electron chi connectivity index (χ0n) is 14.4. The third-order valence-corrected chi connectivity index (χ3v) is 4.03. The van der Waals surface area contributed by atoms with E-state index in [1.807, 2.05) is 36.6 Å². The van der Waals surface area contributed by atoms with E-state index in [1.165, 1.54) is 4.90 Å². The van der Waals surface area contributed by atoms with Crippen molar-refractivity contribution in [1.82, 2.24) is 19.3 Å². The number of amides is 1. The van der Waals surface area contributed by atoms with Crippen molar-refractivity contribution >= 4 is 29.3 Å². The van der Waals surface area contributed by atoms with Gasteiger partial charge in [-0.3, -0.25) is 9.20 Å². The topological polar surface area (TPSA) is 79.6 Å². The summed E-state index contributed by atoms with van der Waals surface area (Å²) in [7, 11) is 1.60. The van der Waals surface area contributed by atoms with Gasteiger partial charge in [0.05, 0.1) is 6.54 Å². The van der Waals surface area contributed by atoms with E-state index in [4.69, 9.17) is 0 Å². The van der Waals surface area contributed by atoms with Crippen molar-refractivity contribution in [2.24, 2.45) is 0 Å². The molecule has 0 aliphatic heterocycles. The molecule has 1 N–H and O–H groups in total. The maximum absolute atomic E-state index is 12.3. The molecule has 1 aromatic carbocycles. The van der Waals surface area contributed by atoms with Crippen molar-refractivity contribution < 1.29 is 9.59 Å². The van der Waals surface area contributed by atoms with Gasteiger partial charge in [0.25, 0.3) is 5.91 Å². The summed E-state index contributed by atoms with van der Waals surface area (Å²) >= 11 is 0. The summed E-state index contributed by atoms with van der Waals surface area (Å²) in [5.41, 5.74) is 3.96. The third kappa shape index (κ3) is 3.21. The van der Waals surface area contributed by atoms with Crippen molar-refractivity contribution in [3.63, 3.8) is 0 Å². The highest BCUT2D eigenvalue weighted by Gasteiger charge is 2.14. The quantitative estimate of drug-likeness (QED) is 0.723. The van der Waals surface area contributed by atoms with E-state index in [1.54, 1.807) is 25.5 Å². The number of carbonyl (C=O) groups is 2. The number of nitrogens with zero attached hydrogens (tertiary/aromatic N) is 4. The number of fused-ring (bicyclic) bond motifs is 1. The lowest BCUT2D eigenvalue weighted by Crippen LogP contribution is -2.28. The number of rotatable bonds is 5. The summed E-state index contributed by atoms with van der Waals surface area (Å²) < 4.78 is 1.95. The standard InChI is InChI=1S/C18H19N5O2/c1-12-10-14(4-5-15(12)18(25)22(3)8-9-24)21-16-17-20-11-13(2)23(17)7-6-19-16/h4-7,9-11H,8H2,1-3H3,(H,19,21). The molecule has 25 heavy (non-hydrogen) atoms. The summed E-state index contributed by atoms with van der Waals surface area (Å²) in [4.78, 5) is 33.0. The van der Waals surface area contributed by atoms with Gasteiger partial charge < -0.3 is 15.0 Å². The van der Waals surface area contributed by atoms with Crippen molar-refractivity contribution in [2.75, 3.05) is 18.9 Å². The second-order valence-electron chi connectivity index (χ2n) is 5.88. The van der Waals surface area contributed by atoms with Gasteiger partial charge in [0, 0.05) is 42.6 Å². The van der Waals surface area contributed by atoms with Crippen LogP contribution in [-0.2, 0) is 4.79 Å². The Morgan fingerprint density at radius 1 is 1.32 bits per heavy atom. The van der Waals surface area contributed by atoms with Gasteiger partial charge in [-0.25, -0.2) is 9.97 Å². The SMILES string of the molecule is Cc1cc(Nc2nccn3c(C)cnc23)ccc1C(=O)N(C)CC=O. The smallest absolute Gasteiger partial charge is 0.254 e. The van der Waals surface area contributed by atoms with Crippen LogP contribution in [0.3, 0.4) is 0 Å². The molecule has 2 aromatic heterocycles. The van der Waals surface area contributed by atoms with Gasteiger partial charge in [0.1, 0.15) is 6.29 Å². The number of aromatic nitrogens is 3. The van der Waals surface area contributed by atoms with Crippen molar-refractivity contribution in [1.29, 1.82) is 0 Å². The Hall–Kier alpha value is -3.22. The second kappa shape index (κ2) is 6.72. The Bertz CT molecular complexity index is 948. The maximum atomic E-state index is 12.3. The van der Waals surface area contributed by atoms with Gasteiger partial charge in [-0.15, -0.1) is 0 Å². The number of aryl methyl sites for hydroxylation is 2. The number of aldehydes is 1. The van der Waals surface area contributed by atoms with E-state index < -0.39 is 0 Å². The molecule has 0 saturated carbocycles. The Kier molecular flexibility index (Phi) is 4.47. The van der Waals surface area contributed by atoms with Gasteiger partial charge in [-0.1, -0.05) is 0 Å². The number of hydrogen-bond acceptors (Lipinski definition) is 5. The minimum absolute atomic E-state index is 0.0728. The van der Waals surface area contributed by atoms with Crippen molar-refractivity contribution in [3.05, 3.63) is 53.6 Å². The predicted molar refractivity (Wildman–Crippen MR) is 95.2 cm³/mol. The molecule has 3 rings (SSSR count). The number of likely N-dealkylation sites (N-methyl/N-ethyl adjacent to an activating group) is 1. The maximum Gasteiger partial charge on any atom is 0.254 e. The van der Waals surface area contributed by atoms with Crippen LogP contribution in [0, 0.1) is 13.8 Å². The van der Waals surface area contributed by atoms with Crippen LogP contribution in [-0.4, -0.2) is 45.1 Å². The highest BCUT2D eigenvalue weighted by Crippen LogP contribution is 2.22. The molecule has 128 valence electrons. The molecule has 3 aromatic rings. The minimum Gasteiger partial charge on any atom is -0.337 e. The lowest BCUT2D eigenvalue weighted by atomic mass is 10.1. The molecule has 7 nitrogen and oxygen atoms in total. The molecular formula is C18H19N5O2. The fourth-order valence-electron chi connectivity index (χ4n) is 2.65. The molecule has 0 saturated heterocycles. The molecule has 1 amide bonds. The Labute approximate surface area is 145 Å². The summed E-state index contributed by atoms with van der Waals surface area (Å²) in [5.74, 6) is 0.465. The molecule has 0 atom stereocenters. The molecule has 0 spiro atoms. The fraction of sp³-hybridized carbons (Fsp3) is 0.222. The van der Waals surface area contributed by atoms with E-state index in [0.717, 1.165) is 22.6 Å². The zero-order valence-corrected chi connectivity index (χ0v) is 14.4. The average Bonchev–Trinajstić information content (AvgIpc) is 2.97. The van der Waals surface area contributed by atoms with Crippen LogP contribution in [0.5, 0.6) is 0 Å². The van der Waals surface area contributed by atoms with Crippen LogP contribution in [0.1, 0.15) is 21.6 Å². The first-order valence-electron chi connectivity index (χ1n) is 7.86. The number of hydrogen-bond donors (Lipinski definition) is 1. The Balaban J connectivity index is 1.88. The zero-order chi connectivity index (χ0) is 18.0. The second-order valence-corrected chi connectivity index (χ2v) is 5.88. The lowest BCUT2D eigenvalue weighted by molar-refractivity contribution is -0.108. The van der Waals surface area contributed by atoms with Gasteiger partial charge >= 0.3 is 0 Å². The summed E-state index contributed by atoms with van der Waals surface area (Å²) in [6.07, 6.45) is 6.07. The monoisotopic (exact) mass is 337 g/mol. The van der Waals surface area contributed by atoms with Crippen LogP contribution in [0.2, 0.25) is 0 Å². The van der Waals surface area contributed by atoms with Gasteiger partial charge in [-0.2, -0.15) is 0 Å². The number of carbonyl (C=O) groups excluding carboxylic acids is 2. The van der Waals surface area contributed by atoms with Crippen LogP contribution in [0.15, 0.2) is 36.8 Å². The molecule has 0 unspecified atom stereocenters. The van der Waals surface area contributed by atoms with Crippen molar-refractivity contribution in [3.8, 4) is 0 Å². The van der Waals surface area contributed by atoms with Gasteiger partial charge in [-0.05, 0) is 37.6 Å². The summed E-state index contributed by atoms with van der Waals surface area (Å²) in [6, 6.07) is 5.44.